The minimum absolute atomic E-state index is 0.164. The number of halogens is 3. The van der Waals surface area contributed by atoms with Gasteiger partial charge in [0.25, 0.3) is 0 Å². The molecule has 0 radical (unpaired) electrons. The molecule has 0 aromatic heterocycles. The Labute approximate surface area is 135 Å². The van der Waals surface area contributed by atoms with Crippen LogP contribution >= 0.6 is 47.8 Å². The van der Waals surface area contributed by atoms with Crippen molar-refractivity contribution in [3.8, 4) is 0 Å². The summed E-state index contributed by atoms with van der Waals surface area (Å²) >= 11 is 10.9. The number of ether oxygens (including phenoxy) is 1. The molecule has 0 atom stereocenters. The molecule has 0 aliphatic carbocycles. The molecule has 0 aliphatic heterocycles. The third-order valence-electron chi connectivity index (χ3n) is 3.20. The van der Waals surface area contributed by atoms with Crippen molar-refractivity contribution in [2.45, 2.75) is 24.7 Å². The van der Waals surface area contributed by atoms with Crippen molar-refractivity contribution in [3.05, 3.63) is 34.3 Å². The van der Waals surface area contributed by atoms with Crippen molar-refractivity contribution in [2.24, 2.45) is 0 Å². The normalized spacial score (nSPS) is 11.8. The maximum atomic E-state index is 5.12. The van der Waals surface area contributed by atoms with Gasteiger partial charge in [-0.1, -0.05) is 66.3 Å². The van der Waals surface area contributed by atoms with Gasteiger partial charge in [-0.15, -0.1) is 0 Å². The Bertz CT molecular complexity index is 351. The Kier molecular flexibility index (Phi) is 8.08. The number of alkyl halides is 2. The van der Waals surface area contributed by atoms with E-state index in [2.05, 4.69) is 72.1 Å². The topological polar surface area (TPSA) is 9.23 Å². The van der Waals surface area contributed by atoms with Crippen LogP contribution in [0.4, 0.5) is 0 Å². The van der Waals surface area contributed by atoms with E-state index in [1.54, 1.807) is 7.11 Å². The van der Waals surface area contributed by atoms with Crippen molar-refractivity contribution in [2.75, 3.05) is 24.4 Å². The molecular weight excluding hydrogens is 424 g/mol. The van der Waals surface area contributed by atoms with Crippen molar-refractivity contribution >= 4 is 47.8 Å². The van der Waals surface area contributed by atoms with E-state index in [1.165, 1.54) is 12.0 Å². The fraction of sp³-hybridized carbons (Fsp3) is 0.571. The van der Waals surface area contributed by atoms with Crippen LogP contribution in [-0.2, 0) is 10.2 Å². The molecule has 0 heterocycles. The molecule has 0 bridgehead atoms. The SMILES string of the molecule is COCCCCC(CBr)(CBr)c1cccc(Br)c1. The molecule has 1 rings (SSSR count). The molecule has 1 aromatic carbocycles. The van der Waals surface area contributed by atoms with Crippen LogP contribution in [0.2, 0.25) is 0 Å². The predicted octanol–water partition coefficient (Wildman–Crippen LogP) is 5.29. The van der Waals surface area contributed by atoms with Gasteiger partial charge in [-0.3, -0.25) is 0 Å². The fourth-order valence-corrected chi connectivity index (χ4v) is 4.53. The highest BCUT2D eigenvalue weighted by Crippen LogP contribution is 2.35. The van der Waals surface area contributed by atoms with E-state index in [4.69, 9.17) is 4.74 Å². The number of hydrogen-bond donors (Lipinski definition) is 0. The van der Waals surface area contributed by atoms with Crippen LogP contribution in [-0.4, -0.2) is 24.4 Å². The van der Waals surface area contributed by atoms with Crippen molar-refractivity contribution in [1.29, 1.82) is 0 Å². The van der Waals surface area contributed by atoms with E-state index >= 15 is 0 Å². The van der Waals surface area contributed by atoms with Crippen molar-refractivity contribution in [3.63, 3.8) is 0 Å². The van der Waals surface area contributed by atoms with Gasteiger partial charge in [-0.05, 0) is 30.5 Å². The Morgan fingerprint density at radius 2 is 1.89 bits per heavy atom. The Hall–Kier alpha value is 0.620. The average molecular weight is 443 g/mol. The van der Waals surface area contributed by atoms with Gasteiger partial charge in [-0.25, -0.2) is 0 Å². The van der Waals surface area contributed by atoms with Gasteiger partial charge < -0.3 is 4.74 Å². The summed E-state index contributed by atoms with van der Waals surface area (Å²) in [4.78, 5) is 0. The molecule has 0 fully saturated rings. The number of unbranched alkanes of at least 4 members (excludes halogenated alkanes) is 1. The standard InChI is InChI=1S/C14H19Br3O/c1-18-8-3-2-7-14(10-15,11-16)12-5-4-6-13(17)9-12/h4-6,9H,2-3,7-8,10-11H2,1H3. The molecule has 0 saturated carbocycles. The van der Waals surface area contributed by atoms with Gasteiger partial charge in [-0.2, -0.15) is 0 Å². The number of hydrogen-bond acceptors (Lipinski definition) is 1. The second-order valence-electron chi connectivity index (χ2n) is 4.51. The lowest BCUT2D eigenvalue weighted by molar-refractivity contribution is 0.190. The molecule has 102 valence electrons. The van der Waals surface area contributed by atoms with Crippen LogP contribution in [0.3, 0.4) is 0 Å². The van der Waals surface area contributed by atoms with Gasteiger partial charge in [0.2, 0.25) is 0 Å². The lowest BCUT2D eigenvalue weighted by atomic mass is 9.80. The number of methoxy groups -OCH3 is 1. The average Bonchev–Trinajstić information content (AvgIpc) is 2.40. The molecule has 0 saturated heterocycles. The van der Waals surface area contributed by atoms with Crippen LogP contribution in [0.15, 0.2) is 28.7 Å². The molecular formula is C14H19Br3O. The van der Waals surface area contributed by atoms with Gasteiger partial charge in [0, 0.05) is 34.3 Å². The highest BCUT2D eigenvalue weighted by molar-refractivity contribution is 9.10. The van der Waals surface area contributed by atoms with Crippen LogP contribution in [0.25, 0.3) is 0 Å². The Morgan fingerprint density at radius 3 is 2.44 bits per heavy atom. The predicted molar refractivity (Wildman–Crippen MR) is 89.1 cm³/mol. The zero-order valence-electron chi connectivity index (χ0n) is 10.6. The molecule has 18 heavy (non-hydrogen) atoms. The fourth-order valence-electron chi connectivity index (χ4n) is 2.00. The molecule has 0 unspecified atom stereocenters. The lowest BCUT2D eigenvalue weighted by Crippen LogP contribution is -2.30. The summed E-state index contributed by atoms with van der Waals surface area (Å²) in [5.41, 5.74) is 1.54. The maximum Gasteiger partial charge on any atom is 0.0462 e. The van der Waals surface area contributed by atoms with E-state index in [1.807, 2.05) is 0 Å². The first kappa shape index (κ1) is 16.7. The quantitative estimate of drug-likeness (QED) is 0.392. The van der Waals surface area contributed by atoms with Crippen LogP contribution in [0.5, 0.6) is 0 Å². The summed E-state index contributed by atoms with van der Waals surface area (Å²) in [5, 5.41) is 1.93. The monoisotopic (exact) mass is 440 g/mol. The summed E-state index contributed by atoms with van der Waals surface area (Å²) in [6.07, 6.45) is 3.45. The van der Waals surface area contributed by atoms with E-state index in [-0.39, 0.29) is 5.41 Å². The summed E-state index contributed by atoms with van der Waals surface area (Å²) in [5.74, 6) is 0. The second-order valence-corrected chi connectivity index (χ2v) is 6.54. The molecule has 0 aliphatic rings. The van der Waals surface area contributed by atoms with Gasteiger partial charge >= 0.3 is 0 Å². The summed E-state index contributed by atoms with van der Waals surface area (Å²) < 4.78 is 6.26. The van der Waals surface area contributed by atoms with Gasteiger partial charge in [0.15, 0.2) is 0 Å². The van der Waals surface area contributed by atoms with Crippen molar-refractivity contribution < 1.29 is 4.74 Å². The zero-order chi connectivity index (χ0) is 13.4. The minimum atomic E-state index is 0.164. The molecule has 0 spiro atoms. The van der Waals surface area contributed by atoms with E-state index in [0.29, 0.717) is 0 Å². The molecule has 0 amide bonds. The second kappa shape index (κ2) is 8.72. The first-order chi connectivity index (χ1) is 8.68. The molecule has 1 nitrogen and oxygen atoms in total. The van der Waals surface area contributed by atoms with Crippen molar-refractivity contribution in [1.82, 2.24) is 0 Å². The first-order valence-corrected chi connectivity index (χ1v) is 9.09. The van der Waals surface area contributed by atoms with Crippen LogP contribution in [0.1, 0.15) is 24.8 Å². The van der Waals surface area contributed by atoms with Gasteiger partial charge in [0.05, 0.1) is 0 Å². The highest BCUT2D eigenvalue weighted by atomic mass is 79.9. The van der Waals surface area contributed by atoms with Gasteiger partial charge in [0.1, 0.15) is 0 Å². The number of rotatable bonds is 8. The lowest BCUT2D eigenvalue weighted by Gasteiger charge is -2.31. The third-order valence-corrected chi connectivity index (χ3v) is 5.84. The first-order valence-electron chi connectivity index (χ1n) is 6.05. The Morgan fingerprint density at radius 1 is 1.17 bits per heavy atom. The summed E-state index contributed by atoms with van der Waals surface area (Å²) in [6.45, 7) is 0.846. The molecule has 1 aromatic rings. The molecule has 0 N–H and O–H groups in total. The van der Waals surface area contributed by atoms with E-state index in [9.17, 15) is 0 Å². The minimum Gasteiger partial charge on any atom is -0.385 e. The third kappa shape index (κ3) is 4.62. The van der Waals surface area contributed by atoms with E-state index < -0.39 is 0 Å². The van der Waals surface area contributed by atoms with Crippen LogP contribution in [0, 0.1) is 0 Å². The smallest absolute Gasteiger partial charge is 0.0462 e. The highest BCUT2D eigenvalue weighted by Gasteiger charge is 2.29. The number of benzene rings is 1. The molecule has 4 heteroatoms. The maximum absolute atomic E-state index is 5.12. The van der Waals surface area contributed by atoms with Crippen LogP contribution < -0.4 is 0 Å². The largest absolute Gasteiger partial charge is 0.385 e. The summed E-state index contributed by atoms with van der Waals surface area (Å²) in [6, 6.07) is 8.61. The van der Waals surface area contributed by atoms with E-state index in [0.717, 1.165) is 34.6 Å². The summed E-state index contributed by atoms with van der Waals surface area (Å²) in [7, 11) is 1.76. The zero-order valence-corrected chi connectivity index (χ0v) is 15.4. The Balaban J connectivity index is 2.79.